The van der Waals surface area contributed by atoms with Crippen LogP contribution in [0.15, 0.2) is 30.3 Å². The lowest BCUT2D eigenvalue weighted by molar-refractivity contribution is -0.131. The molecule has 0 aliphatic carbocycles. The van der Waals surface area contributed by atoms with Gasteiger partial charge in [-0.25, -0.2) is 0 Å². The monoisotopic (exact) mass is 316 g/mol. The fourth-order valence-corrected chi connectivity index (χ4v) is 3.80. The normalized spacial score (nSPS) is 24.8. The van der Waals surface area contributed by atoms with Gasteiger partial charge < -0.3 is 9.64 Å². The van der Waals surface area contributed by atoms with Crippen LogP contribution in [0.2, 0.25) is 0 Å². The first-order valence-electron chi connectivity index (χ1n) is 8.69. The molecule has 1 amide bonds. The van der Waals surface area contributed by atoms with Crippen molar-refractivity contribution in [2.45, 2.75) is 26.2 Å². The van der Waals surface area contributed by atoms with Gasteiger partial charge in [-0.2, -0.15) is 0 Å². The van der Waals surface area contributed by atoms with Crippen LogP contribution < -0.4 is 0 Å². The van der Waals surface area contributed by atoms with Gasteiger partial charge in [0.25, 0.3) is 0 Å². The van der Waals surface area contributed by atoms with E-state index in [-0.39, 0.29) is 5.41 Å². The van der Waals surface area contributed by atoms with Crippen LogP contribution in [0.3, 0.4) is 0 Å². The van der Waals surface area contributed by atoms with Gasteiger partial charge >= 0.3 is 0 Å². The summed E-state index contributed by atoms with van der Waals surface area (Å²) in [6, 6.07) is 10.6. The van der Waals surface area contributed by atoms with Gasteiger partial charge in [0.1, 0.15) is 0 Å². The first kappa shape index (κ1) is 16.5. The van der Waals surface area contributed by atoms with Crippen molar-refractivity contribution in [3.05, 3.63) is 35.9 Å². The molecule has 1 aromatic rings. The first-order valence-corrected chi connectivity index (χ1v) is 8.69. The number of hydrogen-bond acceptors (Lipinski definition) is 3. The van der Waals surface area contributed by atoms with Gasteiger partial charge in [0.05, 0.1) is 13.2 Å². The highest BCUT2D eigenvalue weighted by Gasteiger charge is 2.41. The molecule has 0 saturated carbocycles. The molecule has 1 unspecified atom stereocenters. The number of nitrogens with zero attached hydrogens (tertiary/aromatic N) is 2. The molecule has 2 fully saturated rings. The maximum atomic E-state index is 12.6. The number of amides is 1. The van der Waals surface area contributed by atoms with Crippen LogP contribution in [0.25, 0.3) is 0 Å². The molecular formula is C19H28N2O2. The maximum Gasteiger partial charge on any atom is 0.223 e. The van der Waals surface area contributed by atoms with Crippen molar-refractivity contribution >= 4 is 5.91 Å². The average Bonchev–Trinajstić information content (AvgIpc) is 2.90. The summed E-state index contributed by atoms with van der Waals surface area (Å²) in [7, 11) is 0. The number of hydrogen-bond donors (Lipinski definition) is 0. The molecule has 2 aliphatic rings. The number of benzene rings is 1. The summed E-state index contributed by atoms with van der Waals surface area (Å²) in [5.74, 6) is 0.721. The molecule has 23 heavy (non-hydrogen) atoms. The average molecular weight is 316 g/mol. The lowest BCUT2D eigenvalue weighted by Gasteiger charge is -2.27. The Morgan fingerprint density at radius 1 is 1.22 bits per heavy atom. The van der Waals surface area contributed by atoms with Crippen LogP contribution in [-0.2, 0) is 9.53 Å². The topological polar surface area (TPSA) is 32.8 Å². The fraction of sp³-hybridized carbons (Fsp3) is 0.632. The van der Waals surface area contributed by atoms with Crippen molar-refractivity contribution in [1.82, 2.24) is 9.80 Å². The third-order valence-electron chi connectivity index (χ3n) is 5.24. The largest absolute Gasteiger partial charge is 0.379 e. The van der Waals surface area contributed by atoms with Crippen molar-refractivity contribution in [3.8, 4) is 0 Å². The molecule has 1 atom stereocenters. The summed E-state index contributed by atoms with van der Waals surface area (Å²) < 4.78 is 5.36. The Hall–Kier alpha value is -1.39. The van der Waals surface area contributed by atoms with Gasteiger partial charge in [0.2, 0.25) is 5.91 Å². The molecule has 2 aliphatic heterocycles. The number of carbonyl (C=O) groups excluding carboxylic acids is 1. The molecule has 2 saturated heterocycles. The SMILES string of the molecule is CC1(C)CN(C(=O)CCN2CCOCC2)CC1c1ccccc1. The van der Waals surface area contributed by atoms with Crippen molar-refractivity contribution in [3.63, 3.8) is 0 Å². The third-order valence-corrected chi connectivity index (χ3v) is 5.24. The third kappa shape index (κ3) is 3.93. The summed E-state index contributed by atoms with van der Waals surface area (Å²) in [5.41, 5.74) is 1.48. The second-order valence-corrected chi connectivity index (χ2v) is 7.43. The minimum absolute atomic E-state index is 0.135. The molecular weight excluding hydrogens is 288 g/mol. The zero-order valence-electron chi connectivity index (χ0n) is 14.3. The highest BCUT2D eigenvalue weighted by atomic mass is 16.5. The van der Waals surface area contributed by atoms with E-state index >= 15 is 0 Å². The van der Waals surface area contributed by atoms with Crippen LogP contribution in [0.1, 0.15) is 31.7 Å². The van der Waals surface area contributed by atoms with Crippen LogP contribution >= 0.6 is 0 Å². The fourth-order valence-electron chi connectivity index (χ4n) is 3.80. The lowest BCUT2D eigenvalue weighted by Crippen LogP contribution is -2.39. The van der Waals surface area contributed by atoms with E-state index in [1.54, 1.807) is 0 Å². The molecule has 0 N–H and O–H groups in total. The summed E-state index contributed by atoms with van der Waals surface area (Å²) in [6.45, 7) is 10.6. The quantitative estimate of drug-likeness (QED) is 0.855. The number of rotatable bonds is 4. The minimum Gasteiger partial charge on any atom is -0.379 e. The van der Waals surface area contributed by atoms with E-state index < -0.39 is 0 Å². The Balaban J connectivity index is 1.57. The van der Waals surface area contributed by atoms with E-state index in [0.717, 1.165) is 45.9 Å². The van der Waals surface area contributed by atoms with Crippen molar-refractivity contribution < 1.29 is 9.53 Å². The van der Waals surface area contributed by atoms with E-state index in [2.05, 4.69) is 54.0 Å². The Morgan fingerprint density at radius 2 is 1.91 bits per heavy atom. The molecule has 0 bridgehead atoms. The smallest absolute Gasteiger partial charge is 0.223 e. The summed E-state index contributed by atoms with van der Waals surface area (Å²) in [5, 5.41) is 0. The molecule has 0 radical (unpaired) electrons. The van der Waals surface area contributed by atoms with E-state index in [4.69, 9.17) is 4.74 Å². The first-order chi connectivity index (χ1) is 11.1. The second kappa shape index (κ2) is 7.02. The van der Waals surface area contributed by atoms with Gasteiger partial charge in [0.15, 0.2) is 0 Å². The van der Waals surface area contributed by atoms with Gasteiger partial charge in [-0.1, -0.05) is 44.2 Å². The molecule has 4 heteroatoms. The number of carbonyl (C=O) groups is 1. The Kier molecular flexibility index (Phi) is 5.02. The standard InChI is InChI=1S/C19H28N2O2/c1-19(2)15-21(14-17(19)16-6-4-3-5-7-16)18(22)8-9-20-10-12-23-13-11-20/h3-7,17H,8-15H2,1-2H3. The van der Waals surface area contributed by atoms with Crippen LogP contribution in [-0.4, -0.2) is 61.6 Å². The predicted molar refractivity (Wildman–Crippen MR) is 91.4 cm³/mol. The molecule has 1 aromatic carbocycles. The van der Waals surface area contributed by atoms with Gasteiger partial charge in [-0.05, 0) is 11.0 Å². The Morgan fingerprint density at radius 3 is 2.61 bits per heavy atom. The van der Waals surface area contributed by atoms with Crippen LogP contribution in [0, 0.1) is 5.41 Å². The van der Waals surface area contributed by atoms with E-state index in [0.29, 0.717) is 18.2 Å². The minimum atomic E-state index is 0.135. The van der Waals surface area contributed by atoms with Gasteiger partial charge in [0, 0.05) is 45.1 Å². The van der Waals surface area contributed by atoms with E-state index in [1.165, 1.54) is 5.56 Å². The molecule has 3 rings (SSSR count). The van der Waals surface area contributed by atoms with Crippen molar-refractivity contribution in [1.29, 1.82) is 0 Å². The Bertz CT molecular complexity index is 523. The lowest BCUT2D eigenvalue weighted by atomic mass is 9.78. The van der Waals surface area contributed by atoms with E-state index in [1.807, 2.05) is 0 Å². The molecule has 4 nitrogen and oxygen atoms in total. The highest BCUT2D eigenvalue weighted by molar-refractivity contribution is 5.77. The number of morpholine rings is 1. The zero-order valence-corrected chi connectivity index (χ0v) is 14.3. The van der Waals surface area contributed by atoms with Crippen LogP contribution in [0.4, 0.5) is 0 Å². The second-order valence-electron chi connectivity index (χ2n) is 7.43. The molecule has 2 heterocycles. The Labute approximate surface area is 139 Å². The molecule has 0 aromatic heterocycles. The predicted octanol–water partition coefficient (Wildman–Crippen LogP) is 2.36. The molecule has 0 spiro atoms. The van der Waals surface area contributed by atoms with Crippen LogP contribution in [0.5, 0.6) is 0 Å². The summed E-state index contributed by atoms with van der Waals surface area (Å²) in [6.07, 6.45) is 0.623. The van der Waals surface area contributed by atoms with E-state index in [9.17, 15) is 4.79 Å². The van der Waals surface area contributed by atoms with Crippen molar-refractivity contribution in [2.75, 3.05) is 45.9 Å². The summed E-state index contributed by atoms with van der Waals surface area (Å²) in [4.78, 5) is 17.0. The maximum absolute atomic E-state index is 12.6. The van der Waals surface area contributed by atoms with Gasteiger partial charge in [-0.3, -0.25) is 9.69 Å². The van der Waals surface area contributed by atoms with Gasteiger partial charge in [-0.15, -0.1) is 0 Å². The zero-order chi connectivity index (χ0) is 16.3. The number of ether oxygens (including phenoxy) is 1. The summed E-state index contributed by atoms with van der Waals surface area (Å²) >= 11 is 0. The van der Waals surface area contributed by atoms with Crippen molar-refractivity contribution in [2.24, 2.45) is 5.41 Å². The highest BCUT2D eigenvalue weighted by Crippen LogP contribution is 2.42. The number of likely N-dealkylation sites (tertiary alicyclic amines) is 1. The molecule has 126 valence electrons.